The Morgan fingerprint density at radius 1 is 0.865 bits per heavy atom. The number of benzene rings is 3. The average Bonchev–Trinajstić information content (AvgIpc) is 3.33. The van der Waals surface area contributed by atoms with Crippen LogP contribution in [0.4, 0.5) is 0 Å². The minimum Gasteiger partial charge on any atom is -0.466 e. The Morgan fingerprint density at radius 3 is 2.05 bits per heavy atom. The third-order valence-corrected chi connectivity index (χ3v) is 7.64. The molecule has 0 amide bonds. The molecule has 190 valence electrons. The van der Waals surface area contributed by atoms with Gasteiger partial charge in [-0.2, -0.15) is 0 Å². The maximum Gasteiger partial charge on any atom is 0.466 e. The molecule has 1 atom stereocenters. The summed E-state index contributed by atoms with van der Waals surface area (Å²) < 4.78 is 20.9. The number of aromatic nitrogens is 1. The monoisotopic (exact) mass is 495 g/mol. The first-order valence-corrected chi connectivity index (χ1v) is 13.0. The van der Waals surface area contributed by atoms with Gasteiger partial charge in [0, 0.05) is 16.9 Å². The molecule has 0 aliphatic carbocycles. The molecule has 6 heteroatoms. The average molecular weight is 495 g/mol. The Bertz CT molecular complexity index is 1380. The fraction of sp³-hybridized carbons (Fsp3) is 0.323. The van der Waals surface area contributed by atoms with Crippen LogP contribution in [-0.4, -0.2) is 35.5 Å². The molecule has 2 heterocycles. The van der Waals surface area contributed by atoms with E-state index < -0.39 is 18.3 Å². The summed E-state index contributed by atoms with van der Waals surface area (Å²) in [5, 5.41) is 1.06. The number of ether oxygens (including phenoxy) is 1. The van der Waals surface area contributed by atoms with Crippen LogP contribution < -0.4 is 0 Å². The molecule has 4 aromatic rings. The lowest BCUT2D eigenvalue weighted by atomic mass is 9.65. The molecule has 1 aliphatic heterocycles. The Balaban J connectivity index is 1.81. The zero-order valence-corrected chi connectivity index (χ0v) is 22.2. The Morgan fingerprint density at radius 2 is 1.43 bits per heavy atom. The molecule has 37 heavy (non-hydrogen) atoms. The number of rotatable bonds is 7. The fourth-order valence-electron chi connectivity index (χ4n) is 5.15. The minimum absolute atomic E-state index is 0.146. The van der Waals surface area contributed by atoms with E-state index in [4.69, 9.17) is 14.0 Å². The summed E-state index contributed by atoms with van der Waals surface area (Å²) in [6.07, 6.45) is 0.146. The largest absolute Gasteiger partial charge is 0.466 e. The van der Waals surface area contributed by atoms with Crippen molar-refractivity contribution in [3.63, 3.8) is 0 Å². The van der Waals surface area contributed by atoms with E-state index in [2.05, 4.69) is 47.0 Å². The molecule has 1 aliphatic rings. The number of carbonyl (C=O) groups is 1. The number of carbonyl (C=O) groups excluding carboxylic acids is 1. The highest BCUT2D eigenvalue weighted by Crippen LogP contribution is 2.47. The van der Waals surface area contributed by atoms with Gasteiger partial charge in [-0.05, 0) is 63.9 Å². The second-order valence-corrected chi connectivity index (χ2v) is 10.6. The van der Waals surface area contributed by atoms with Crippen molar-refractivity contribution in [3.05, 3.63) is 90.5 Å². The van der Waals surface area contributed by atoms with E-state index in [-0.39, 0.29) is 18.2 Å². The van der Waals surface area contributed by atoms with E-state index in [1.54, 1.807) is 0 Å². The summed E-state index contributed by atoms with van der Waals surface area (Å²) in [5.41, 5.74) is 4.16. The van der Waals surface area contributed by atoms with Gasteiger partial charge in [0.15, 0.2) is 0 Å². The molecule has 1 saturated heterocycles. The summed E-state index contributed by atoms with van der Waals surface area (Å²) in [4.78, 5) is 13.0. The quantitative estimate of drug-likeness (QED) is 0.205. The molecule has 0 spiro atoms. The number of hydrogen-bond acceptors (Lipinski definition) is 4. The van der Waals surface area contributed by atoms with E-state index in [9.17, 15) is 4.79 Å². The number of para-hydroxylation sites is 2. The van der Waals surface area contributed by atoms with Crippen molar-refractivity contribution < 1.29 is 18.8 Å². The molecule has 1 fully saturated rings. The van der Waals surface area contributed by atoms with Crippen molar-refractivity contribution in [2.75, 3.05) is 6.61 Å². The van der Waals surface area contributed by atoms with Crippen molar-refractivity contribution in [1.82, 2.24) is 4.57 Å². The van der Waals surface area contributed by atoms with Crippen LogP contribution in [0.2, 0.25) is 0 Å². The third-order valence-electron chi connectivity index (χ3n) is 7.64. The Hall–Kier alpha value is -3.35. The lowest BCUT2D eigenvalue weighted by molar-refractivity contribution is -0.143. The van der Waals surface area contributed by atoms with Gasteiger partial charge >= 0.3 is 13.1 Å². The summed E-state index contributed by atoms with van der Waals surface area (Å²) in [5.74, 6) is -0.650. The number of nitrogens with zero attached hydrogens (tertiary/aromatic N) is 1. The molecule has 0 saturated carbocycles. The van der Waals surface area contributed by atoms with Gasteiger partial charge in [-0.3, -0.25) is 4.79 Å². The Kier molecular flexibility index (Phi) is 6.73. The van der Waals surface area contributed by atoms with Crippen molar-refractivity contribution in [2.45, 2.75) is 58.1 Å². The van der Waals surface area contributed by atoms with Gasteiger partial charge in [-0.1, -0.05) is 66.7 Å². The summed E-state index contributed by atoms with van der Waals surface area (Å²) >= 11 is 0. The predicted octanol–water partition coefficient (Wildman–Crippen LogP) is 6.97. The number of fused-ring (bicyclic) bond motifs is 1. The van der Waals surface area contributed by atoms with Gasteiger partial charge in [-0.25, -0.2) is 0 Å². The van der Waals surface area contributed by atoms with E-state index in [0.29, 0.717) is 6.61 Å². The maximum absolute atomic E-state index is 13.0. The van der Waals surface area contributed by atoms with Gasteiger partial charge < -0.3 is 18.6 Å². The molecular formula is C31H34BNO4. The second-order valence-electron chi connectivity index (χ2n) is 10.6. The lowest BCUT2D eigenvalue weighted by Gasteiger charge is -2.32. The van der Waals surface area contributed by atoms with Crippen molar-refractivity contribution in [2.24, 2.45) is 0 Å². The fourth-order valence-corrected chi connectivity index (χ4v) is 5.15. The molecular weight excluding hydrogens is 461 g/mol. The zero-order chi connectivity index (χ0) is 26.2. The lowest BCUT2D eigenvalue weighted by Crippen LogP contribution is -2.41. The van der Waals surface area contributed by atoms with Crippen LogP contribution in [-0.2, 0) is 18.8 Å². The predicted molar refractivity (Wildman–Crippen MR) is 149 cm³/mol. The van der Waals surface area contributed by atoms with Gasteiger partial charge in [-0.15, -0.1) is 0 Å². The van der Waals surface area contributed by atoms with E-state index in [0.717, 1.165) is 33.4 Å². The summed E-state index contributed by atoms with van der Waals surface area (Å²) in [6, 6.07) is 29.0. The first kappa shape index (κ1) is 25.3. The van der Waals surface area contributed by atoms with E-state index in [1.165, 1.54) is 0 Å². The molecule has 1 aromatic heterocycles. The van der Waals surface area contributed by atoms with Crippen LogP contribution in [0, 0.1) is 0 Å². The van der Waals surface area contributed by atoms with Gasteiger partial charge in [0.05, 0.1) is 35.4 Å². The van der Waals surface area contributed by atoms with E-state index >= 15 is 0 Å². The summed E-state index contributed by atoms with van der Waals surface area (Å²) in [7, 11) is -0.619. The van der Waals surface area contributed by atoms with Crippen LogP contribution in [0.3, 0.4) is 0 Å². The van der Waals surface area contributed by atoms with Crippen LogP contribution in [0.5, 0.6) is 0 Å². The number of esters is 1. The van der Waals surface area contributed by atoms with Gasteiger partial charge in [0.2, 0.25) is 0 Å². The van der Waals surface area contributed by atoms with Crippen LogP contribution >= 0.6 is 0 Å². The van der Waals surface area contributed by atoms with E-state index in [1.807, 2.05) is 77.1 Å². The minimum atomic E-state index is -0.619. The highest BCUT2D eigenvalue weighted by molar-refractivity contribution is 6.48. The first-order chi connectivity index (χ1) is 17.7. The van der Waals surface area contributed by atoms with Crippen LogP contribution in [0.1, 0.15) is 52.4 Å². The van der Waals surface area contributed by atoms with Crippen LogP contribution in [0.15, 0.2) is 84.9 Å². The third kappa shape index (κ3) is 4.60. The van der Waals surface area contributed by atoms with Crippen molar-refractivity contribution in [3.8, 4) is 16.9 Å². The normalized spacial score (nSPS) is 17.2. The maximum atomic E-state index is 13.0. The van der Waals surface area contributed by atoms with Gasteiger partial charge in [0.1, 0.15) is 0 Å². The smallest absolute Gasteiger partial charge is 0.466 e. The second kappa shape index (κ2) is 9.84. The summed E-state index contributed by atoms with van der Waals surface area (Å²) in [6.45, 7) is 10.3. The molecule has 0 N–H and O–H groups in total. The molecule has 5 rings (SSSR count). The highest BCUT2D eigenvalue weighted by Gasteiger charge is 2.55. The van der Waals surface area contributed by atoms with Crippen molar-refractivity contribution in [1.29, 1.82) is 0 Å². The SMILES string of the molecule is CCOC(=O)CC(B1OC(C)(C)C(C)(C)O1)c1c(-c2ccccc2)n(-c2ccccc2)c2ccccc12. The molecule has 3 aromatic carbocycles. The molecule has 0 bridgehead atoms. The first-order valence-electron chi connectivity index (χ1n) is 13.0. The van der Waals surface area contributed by atoms with Gasteiger partial charge in [0.25, 0.3) is 0 Å². The molecule has 1 unspecified atom stereocenters. The molecule has 5 nitrogen and oxygen atoms in total. The van der Waals surface area contributed by atoms with Crippen molar-refractivity contribution >= 4 is 24.0 Å². The Labute approximate surface area is 219 Å². The topological polar surface area (TPSA) is 49.7 Å². The zero-order valence-electron chi connectivity index (χ0n) is 22.2. The number of hydrogen-bond donors (Lipinski definition) is 0. The highest BCUT2D eigenvalue weighted by atomic mass is 16.7. The standard InChI is InChI=1S/C31H34BNO4/c1-6-35-27(34)21-25(32-36-30(2,3)31(4,5)37-32)28-24-19-13-14-20-26(24)33(23-17-11-8-12-18-23)29(28)22-15-9-7-10-16-22/h7-20,25H,6,21H2,1-5H3. The van der Waals surface area contributed by atoms with Crippen LogP contribution in [0.25, 0.3) is 27.8 Å². The molecule has 0 radical (unpaired) electrons.